The maximum atomic E-state index is 11.3. The molecule has 7 heteroatoms. The zero-order valence-corrected chi connectivity index (χ0v) is 12.8. The molecule has 21 heavy (non-hydrogen) atoms. The summed E-state index contributed by atoms with van der Waals surface area (Å²) in [5.74, 6) is 0.731. The summed E-state index contributed by atoms with van der Waals surface area (Å²) in [5.41, 5.74) is 5.34. The van der Waals surface area contributed by atoms with Crippen LogP contribution < -0.4 is 16.0 Å². The van der Waals surface area contributed by atoms with Gasteiger partial charge < -0.3 is 20.4 Å². The molecule has 1 heterocycles. The van der Waals surface area contributed by atoms with Gasteiger partial charge in [-0.1, -0.05) is 31.8 Å². The number of anilines is 1. The maximum Gasteiger partial charge on any atom is 0.318 e. The number of rotatable bonds is 8. The van der Waals surface area contributed by atoms with Gasteiger partial charge in [0.05, 0.1) is 6.54 Å². The van der Waals surface area contributed by atoms with Gasteiger partial charge in [0.1, 0.15) is 6.54 Å². The molecule has 1 aromatic heterocycles. The van der Waals surface area contributed by atoms with Gasteiger partial charge in [-0.2, -0.15) is 0 Å². The fourth-order valence-corrected chi connectivity index (χ4v) is 2.64. The van der Waals surface area contributed by atoms with Crippen LogP contribution in [-0.4, -0.2) is 35.2 Å². The highest BCUT2D eigenvalue weighted by molar-refractivity contribution is 5.78. The Bertz CT molecular complexity index is 454. The molecule has 1 aliphatic rings. The van der Waals surface area contributed by atoms with E-state index in [9.17, 15) is 4.79 Å². The number of hydrogen-bond donors (Lipinski definition) is 2. The van der Waals surface area contributed by atoms with Gasteiger partial charge in [-0.25, -0.2) is 0 Å². The normalized spacial score (nSPS) is 15.8. The van der Waals surface area contributed by atoms with E-state index in [4.69, 9.17) is 10.2 Å². The topological polar surface area (TPSA) is 97.3 Å². The molecule has 0 radical (unpaired) electrons. The summed E-state index contributed by atoms with van der Waals surface area (Å²) in [5, 5.41) is 11.4. The van der Waals surface area contributed by atoms with E-state index in [0.29, 0.717) is 24.4 Å². The quantitative estimate of drug-likeness (QED) is 0.744. The third-order valence-corrected chi connectivity index (χ3v) is 3.62. The lowest BCUT2D eigenvalue weighted by Crippen LogP contribution is -2.40. The van der Waals surface area contributed by atoms with Crippen LogP contribution in [0.5, 0.6) is 0 Å². The van der Waals surface area contributed by atoms with Crippen molar-refractivity contribution >= 4 is 11.9 Å². The highest BCUT2D eigenvalue weighted by Gasteiger charge is 2.27. The lowest BCUT2D eigenvalue weighted by molar-refractivity contribution is -0.116. The molecule has 0 aliphatic heterocycles. The predicted octanol–water partition coefficient (Wildman–Crippen LogP) is 1.05. The first-order chi connectivity index (χ1) is 10.1. The van der Waals surface area contributed by atoms with Gasteiger partial charge in [0.25, 0.3) is 0 Å². The fourth-order valence-electron chi connectivity index (χ4n) is 2.64. The minimum absolute atomic E-state index is 0.131. The number of amides is 1. The third-order valence-electron chi connectivity index (χ3n) is 3.62. The number of hydrogen-bond acceptors (Lipinski definition) is 6. The fraction of sp³-hybridized carbons (Fsp3) is 0.786. The van der Waals surface area contributed by atoms with Gasteiger partial charge in [0.2, 0.25) is 11.8 Å². The van der Waals surface area contributed by atoms with Crippen molar-refractivity contribution in [2.75, 3.05) is 18.0 Å². The summed E-state index contributed by atoms with van der Waals surface area (Å²) in [6.07, 6.45) is 4.40. The number of carbonyl (C=O) groups is 1. The highest BCUT2D eigenvalue weighted by Crippen LogP contribution is 2.27. The molecule has 1 aromatic rings. The van der Waals surface area contributed by atoms with Crippen LogP contribution >= 0.6 is 0 Å². The highest BCUT2D eigenvalue weighted by atomic mass is 16.4. The van der Waals surface area contributed by atoms with Gasteiger partial charge >= 0.3 is 6.01 Å². The largest absolute Gasteiger partial charge is 0.407 e. The molecule has 7 nitrogen and oxygen atoms in total. The van der Waals surface area contributed by atoms with Crippen LogP contribution in [0.1, 0.15) is 45.4 Å². The molecule has 118 valence electrons. The molecule has 3 N–H and O–H groups in total. The SMILES string of the molecule is CC(C)CNCc1nnc(N(CC(N)=O)C2CCCC2)o1. The van der Waals surface area contributed by atoms with Crippen molar-refractivity contribution in [2.45, 2.75) is 52.1 Å². The van der Waals surface area contributed by atoms with E-state index in [1.165, 1.54) is 0 Å². The van der Waals surface area contributed by atoms with Gasteiger partial charge in [-0.3, -0.25) is 4.79 Å². The molecular formula is C14H25N5O2. The Kier molecular flexibility index (Phi) is 5.55. The molecule has 0 atom stereocenters. The maximum absolute atomic E-state index is 11.3. The number of nitrogens with two attached hydrogens (primary N) is 1. The van der Waals surface area contributed by atoms with Gasteiger partial charge in [-0.15, -0.1) is 5.10 Å². The minimum atomic E-state index is -0.375. The van der Waals surface area contributed by atoms with Crippen molar-refractivity contribution in [3.8, 4) is 0 Å². The monoisotopic (exact) mass is 295 g/mol. The zero-order chi connectivity index (χ0) is 15.2. The molecule has 0 aromatic carbocycles. The lowest BCUT2D eigenvalue weighted by atomic mass is 10.2. The van der Waals surface area contributed by atoms with Gasteiger partial charge in [0, 0.05) is 6.04 Å². The Hall–Kier alpha value is -1.63. The van der Waals surface area contributed by atoms with Crippen molar-refractivity contribution in [3.63, 3.8) is 0 Å². The first kappa shape index (κ1) is 15.8. The Morgan fingerprint density at radius 2 is 2.14 bits per heavy atom. The van der Waals surface area contributed by atoms with Crippen LogP contribution in [0.2, 0.25) is 0 Å². The second-order valence-corrected chi connectivity index (χ2v) is 6.04. The smallest absolute Gasteiger partial charge is 0.318 e. The molecule has 1 fully saturated rings. The van der Waals surface area contributed by atoms with E-state index in [-0.39, 0.29) is 18.5 Å². The lowest BCUT2D eigenvalue weighted by Gasteiger charge is -2.25. The van der Waals surface area contributed by atoms with Gasteiger partial charge in [0.15, 0.2) is 0 Å². The van der Waals surface area contributed by atoms with Crippen LogP contribution in [-0.2, 0) is 11.3 Å². The average Bonchev–Trinajstić information content (AvgIpc) is 3.07. The number of carbonyl (C=O) groups excluding carboxylic acids is 1. The molecule has 2 rings (SSSR count). The number of aromatic nitrogens is 2. The number of nitrogens with one attached hydrogen (secondary N) is 1. The molecule has 0 spiro atoms. The first-order valence-corrected chi connectivity index (χ1v) is 7.64. The van der Waals surface area contributed by atoms with E-state index < -0.39 is 0 Å². The van der Waals surface area contributed by atoms with Crippen LogP contribution in [0.25, 0.3) is 0 Å². The van der Waals surface area contributed by atoms with Crippen molar-refractivity contribution < 1.29 is 9.21 Å². The standard InChI is InChI=1S/C14H25N5O2/c1-10(2)7-16-8-13-17-18-14(21-13)19(9-12(15)20)11-5-3-4-6-11/h10-11,16H,3-9H2,1-2H3,(H2,15,20). The Morgan fingerprint density at radius 1 is 1.43 bits per heavy atom. The summed E-state index contributed by atoms with van der Waals surface area (Å²) >= 11 is 0. The Morgan fingerprint density at radius 3 is 2.76 bits per heavy atom. The van der Waals surface area contributed by atoms with E-state index >= 15 is 0 Å². The third kappa shape index (κ3) is 4.70. The van der Waals surface area contributed by atoms with Crippen LogP contribution in [0.4, 0.5) is 6.01 Å². The average molecular weight is 295 g/mol. The van der Waals surface area contributed by atoms with Crippen LogP contribution in [0.15, 0.2) is 4.42 Å². The molecule has 0 unspecified atom stereocenters. The van der Waals surface area contributed by atoms with Crippen molar-refractivity contribution in [1.82, 2.24) is 15.5 Å². The van der Waals surface area contributed by atoms with E-state index in [0.717, 1.165) is 32.2 Å². The molecular weight excluding hydrogens is 270 g/mol. The summed E-state index contributed by atoms with van der Waals surface area (Å²) in [6.45, 7) is 5.85. The van der Waals surface area contributed by atoms with Crippen molar-refractivity contribution in [1.29, 1.82) is 0 Å². The number of primary amides is 1. The van der Waals surface area contributed by atoms with E-state index in [1.54, 1.807) is 0 Å². The van der Waals surface area contributed by atoms with Crippen molar-refractivity contribution in [3.05, 3.63) is 5.89 Å². The van der Waals surface area contributed by atoms with E-state index in [1.807, 2.05) is 4.90 Å². The summed E-state index contributed by atoms with van der Waals surface area (Å²) < 4.78 is 5.67. The summed E-state index contributed by atoms with van der Waals surface area (Å²) in [6, 6.07) is 0.677. The second-order valence-electron chi connectivity index (χ2n) is 6.04. The minimum Gasteiger partial charge on any atom is -0.407 e. The Labute approximate surface area is 125 Å². The second kappa shape index (κ2) is 7.40. The molecule has 1 amide bonds. The van der Waals surface area contributed by atoms with Crippen LogP contribution in [0, 0.1) is 5.92 Å². The van der Waals surface area contributed by atoms with Crippen molar-refractivity contribution in [2.24, 2.45) is 11.7 Å². The molecule has 1 aliphatic carbocycles. The molecule has 0 bridgehead atoms. The van der Waals surface area contributed by atoms with Gasteiger partial charge in [-0.05, 0) is 25.3 Å². The number of nitrogens with zero attached hydrogens (tertiary/aromatic N) is 3. The summed E-state index contributed by atoms with van der Waals surface area (Å²) in [7, 11) is 0. The van der Waals surface area contributed by atoms with Crippen LogP contribution in [0.3, 0.4) is 0 Å². The predicted molar refractivity (Wildman–Crippen MR) is 79.6 cm³/mol. The first-order valence-electron chi connectivity index (χ1n) is 7.64. The van der Waals surface area contributed by atoms with E-state index in [2.05, 4.69) is 29.4 Å². The molecule has 0 saturated heterocycles. The summed E-state index contributed by atoms with van der Waals surface area (Å²) in [4.78, 5) is 13.1. The Balaban J connectivity index is 1.99. The zero-order valence-electron chi connectivity index (χ0n) is 12.8. The molecule has 1 saturated carbocycles.